The summed E-state index contributed by atoms with van der Waals surface area (Å²) in [5.41, 5.74) is 2.29. The molecule has 1 aromatic rings. The van der Waals surface area contributed by atoms with Crippen molar-refractivity contribution >= 4 is 16.5 Å². The molecule has 1 aliphatic heterocycles. The van der Waals surface area contributed by atoms with Gasteiger partial charge >= 0.3 is 0 Å². The van der Waals surface area contributed by atoms with Gasteiger partial charge in [0.15, 0.2) is 0 Å². The van der Waals surface area contributed by atoms with Gasteiger partial charge in [-0.1, -0.05) is 19.1 Å². The van der Waals surface area contributed by atoms with Gasteiger partial charge in [-0.05, 0) is 24.2 Å². The highest BCUT2D eigenvalue weighted by atomic mass is 32.2. The fourth-order valence-corrected chi connectivity index (χ4v) is 3.74. The fourth-order valence-electron chi connectivity index (χ4n) is 2.18. The first-order valence-corrected chi connectivity index (χ1v) is 7.50. The third-order valence-corrected chi connectivity index (χ3v) is 5.01. The summed E-state index contributed by atoms with van der Waals surface area (Å²) in [6.07, 6.45) is 0. The molecule has 1 N–H and O–H groups in total. The average molecular weight is 252 g/mol. The first kappa shape index (κ1) is 12.6. The zero-order chi connectivity index (χ0) is 12.3. The van der Waals surface area contributed by atoms with Crippen molar-refractivity contribution in [2.45, 2.75) is 12.2 Å². The molecule has 2 unspecified atom stereocenters. The van der Waals surface area contributed by atoms with Gasteiger partial charge in [-0.2, -0.15) is 0 Å². The van der Waals surface area contributed by atoms with Crippen molar-refractivity contribution in [3.05, 3.63) is 29.8 Å². The van der Waals surface area contributed by atoms with Gasteiger partial charge in [0.05, 0.1) is 5.25 Å². The molecule has 17 heavy (non-hydrogen) atoms. The number of anilines is 1. The summed E-state index contributed by atoms with van der Waals surface area (Å²) in [4.78, 5) is 2.37. The van der Waals surface area contributed by atoms with Gasteiger partial charge in [-0.3, -0.25) is 4.21 Å². The Morgan fingerprint density at radius 3 is 2.71 bits per heavy atom. The van der Waals surface area contributed by atoms with Crippen molar-refractivity contribution < 1.29 is 4.21 Å². The molecule has 2 atom stereocenters. The molecule has 0 aromatic heterocycles. The van der Waals surface area contributed by atoms with Crippen molar-refractivity contribution in [1.82, 2.24) is 4.90 Å². The summed E-state index contributed by atoms with van der Waals surface area (Å²) in [6.45, 7) is 5.09. The number of likely N-dealkylation sites (N-methyl/N-ethyl adjacent to an activating group) is 1. The molecule has 0 radical (unpaired) electrons. The van der Waals surface area contributed by atoms with E-state index in [0.29, 0.717) is 0 Å². The largest absolute Gasteiger partial charge is 0.388 e. The lowest BCUT2D eigenvalue weighted by atomic mass is 10.1. The van der Waals surface area contributed by atoms with Crippen LogP contribution in [0.5, 0.6) is 0 Å². The average Bonchev–Trinajstić information content (AvgIpc) is 2.39. The van der Waals surface area contributed by atoms with Crippen molar-refractivity contribution in [3.63, 3.8) is 0 Å². The molecule has 2 rings (SSSR count). The third kappa shape index (κ3) is 2.87. The van der Waals surface area contributed by atoms with Gasteiger partial charge in [0.2, 0.25) is 0 Å². The second-order valence-corrected chi connectivity index (χ2v) is 6.08. The van der Waals surface area contributed by atoms with E-state index in [1.54, 1.807) is 0 Å². The lowest BCUT2D eigenvalue weighted by molar-refractivity contribution is 0.295. The molecule has 0 bridgehead atoms. The zero-order valence-electron chi connectivity index (χ0n) is 10.5. The molecule has 1 fully saturated rings. The van der Waals surface area contributed by atoms with E-state index < -0.39 is 10.8 Å². The van der Waals surface area contributed by atoms with Crippen LogP contribution in [0.1, 0.15) is 17.7 Å². The fraction of sp³-hybridized carbons (Fsp3) is 0.538. The number of nitrogens with zero attached hydrogens (tertiary/aromatic N) is 1. The van der Waals surface area contributed by atoms with Gasteiger partial charge in [0.25, 0.3) is 0 Å². The third-order valence-electron chi connectivity index (χ3n) is 3.37. The normalized spacial score (nSPS) is 25.8. The molecule has 4 heteroatoms. The van der Waals surface area contributed by atoms with Crippen LogP contribution in [0, 0.1) is 0 Å². The lowest BCUT2D eigenvalue weighted by Gasteiger charge is -2.31. The van der Waals surface area contributed by atoms with E-state index >= 15 is 0 Å². The summed E-state index contributed by atoms with van der Waals surface area (Å²) in [5, 5.41) is 3.28. The van der Waals surface area contributed by atoms with E-state index in [-0.39, 0.29) is 5.25 Å². The van der Waals surface area contributed by atoms with Gasteiger partial charge in [0, 0.05) is 42.4 Å². The van der Waals surface area contributed by atoms with Crippen LogP contribution in [0.2, 0.25) is 0 Å². The topological polar surface area (TPSA) is 32.3 Å². The molecule has 1 saturated heterocycles. The Morgan fingerprint density at radius 2 is 2.12 bits per heavy atom. The monoisotopic (exact) mass is 252 g/mol. The van der Waals surface area contributed by atoms with Crippen molar-refractivity contribution in [2.75, 3.05) is 37.8 Å². The second-order valence-electron chi connectivity index (χ2n) is 4.34. The van der Waals surface area contributed by atoms with Crippen LogP contribution in [0.4, 0.5) is 5.69 Å². The Hall–Kier alpha value is -0.870. The van der Waals surface area contributed by atoms with Crippen LogP contribution in [-0.2, 0) is 10.8 Å². The maximum absolute atomic E-state index is 12.1. The molecular formula is C13H20N2OS. The summed E-state index contributed by atoms with van der Waals surface area (Å²) in [7, 11) is 1.19. The molecule has 1 aliphatic rings. The van der Waals surface area contributed by atoms with E-state index in [0.717, 1.165) is 31.1 Å². The van der Waals surface area contributed by atoms with Gasteiger partial charge in [-0.15, -0.1) is 0 Å². The molecule has 94 valence electrons. The Labute approximate surface area is 106 Å². The highest BCUT2D eigenvalue weighted by Gasteiger charge is 2.26. The summed E-state index contributed by atoms with van der Waals surface area (Å²) in [5.74, 6) is 0.798. The quantitative estimate of drug-likeness (QED) is 0.891. The highest BCUT2D eigenvalue weighted by molar-refractivity contribution is 7.85. The van der Waals surface area contributed by atoms with E-state index in [1.807, 2.05) is 7.05 Å². The van der Waals surface area contributed by atoms with Crippen LogP contribution < -0.4 is 5.32 Å². The molecule has 0 aliphatic carbocycles. The molecule has 1 aromatic carbocycles. The minimum Gasteiger partial charge on any atom is -0.388 e. The van der Waals surface area contributed by atoms with Gasteiger partial charge in [-0.25, -0.2) is 0 Å². The Bertz CT molecular complexity index is 391. The number of benzene rings is 1. The Morgan fingerprint density at radius 1 is 1.41 bits per heavy atom. The first-order valence-electron chi connectivity index (χ1n) is 6.12. The van der Waals surface area contributed by atoms with E-state index in [9.17, 15) is 4.21 Å². The summed E-state index contributed by atoms with van der Waals surface area (Å²) in [6, 6.07) is 8.29. The second kappa shape index (κ2) is 5.65. The summed E-state index contributed by atoms with van der Waals surface area (Å²) >= 11 is 0. The minimum absolute atomic E-state index is 0.176. The molecule has 3 nitrogen and oxygen atoms in total. The zero-order valence-corrected chi connectivity index (χ0v) is 11.3. The maximum Gasteiger partial charge on any atom is 0.0724 e. The van der Waals surface area contributed by atoms with E-state index in [1.165, 1.54) is 5.56 Å². The number of rotatable bonds is 3. The van der Waals surface area contributed by atoms with Crippen molar-refractivity contribution in [1.29, 1.82) is 0 Å². The molecule has 0 spiro atoms. The molecule has 1 heterocycles. The van der Waals surface area contributed by atoms with Gasteiger partial charge in [0.1, 0.15) is 0 Å². The molecular weight excluding hydrogens is 232 g/mol. The van der Waals surface area contributed by atoms with Crippen LogP contribution in [-0.4, -0.2) is 41.5 Å². The lowest BCUT2D eigenvalue weighted by Crippen LogP contribution is -2.39. The number of nitrogens with one attached hydrogen (secondary N) is 1. The van der Waals surface area contributed by atoms with Gasteiger partial charge < -0.3 is 10.2 Å². The number of hydrogen-bond acceptors (Lipinski definition) is 3. The van der Waals surface area contributed by atoms with Crippen LogP contribution >= 0.6 is 0 Å². The van der Waals surface area contributed by atoms with Crippen LogP contribution in [0.3, 0.4) is 0 Å². The number of hydrogen-bond donors (Lipinski definition) is 1. The van der Waals surface area contributed by atoms with E-state index in [2.05, 4.69) is 41.4 Å². The van der Waals surface area contributed by atoms with Crippen molar-refractivity contribution in [2.24, 2.45) is 0 Å². The Kier molecular flexibility index (Phi) is 4.18. The van der Waals surface area contributed by atoms with Crippen LogP contribution in [0.15, 0.2) is 24.3 Å². The molecule has 0 amide bonds. The highest BCUT2D eigenvalue weighted by Crippen LogP contribution is 2.26. The smallest absolute Gasteiger partial charge is 0.0724 e. The summed E-state index contributed by atoms with van der Waals surface area (Å²) < 4.78 is 12.1. The predicted octanol–water partition coefficient (Wildman–Crippen LogP) is 1.85. The van der Waals surface area contributed by atoms with E-state index in [4.69, 9.17) is 0 Å². The Balaban J connectivity index is 2.15. The molecule has 0 saturated carbocycles. The standard InChI is InChI=1S/C13H20N2OS/c1-3-15-8-9-17(16)13(10-15)11-4-6-12(14-2)7-5-11/h4-7,13-14H,3,8-10H2,1-2H3. The predicted molar refractivity (Wildman–Crippen MR) is 73.9 cm³/mol. The minimum atomic E-state index is -0.722. The van der Waals surface area contributed by atoms with Crippen LogP contribution in [0.25, 0.3) is 0 Å². The maximum atomic E-state index is 12.1. The van der Waals surface area contributed by atoms with Crippen molar-refractivity contribution in [3.8, 4) is 0 Å². The first-order chi connectivity index (χ1) is 8.24. The SMILES string of the molecule is CCN1CCS(=O)C(c2ccc(NC)cc2)C1.